The third kappa shape index (κ3) is 2.39. The summed E-state index contributed by atoms with van der Waals surface area (Å²) in [5.41, 5.74) is -0.443. The first kappa shape index (κ1) is 13.1. The highest BCUT2D eigenvalue weighted by molar-refractivity contribution is 5.31. The number of benzene rings is 1. The zero-order valence-corrected chi connectivity index (χ0v) is 9.68. The fraction of sp³-hybridized carbons (Fsp3) is 0.500. The van der Waals surface area contributed by atoms with E-state index in [-0.39, 0.29) is 24.3 Å². The fourth-order valence-corrected chi connectivity index (χ4v) is 1.46. The lowest BCUT2D eigenvalue weighted by atomic mass is 9.84. The summed E-state index contributed by atoms with van der Waals surface area (Å²) in [5, 5.41) is 9.12. The molecule has 0 fully saturated rings. The summed E-state index contributed by atoms with van der Waals surface area (Å²) in [5.74, 6) is -1.81. The SMILES string of the molecule is COCc1ccc(C(C)(C)CO)c(F)c1F. The molecule has 16 heavy (non-hydrogen) atoms. The molecule has 1 aromatic rings. The minimum absolute atomic E-state index is 0.0303. The van der Waals surface area contributed by atoms with Gasteiger partial charge in [-0.25, -0.2) is 8.78 Å². The Morgan fingerprint density at radius 1 is 1.25 bits per heavy atom. The Labute approximate surface area is 93.9 Å². The number of halogens is 2. The number of methoxy groups -OCH3 is 1. The molecule has 0 aliphatic heterocycles. The van der Waals surface area contributed by atoms with E-state index in [9.17, 15) is 8.78 Å². The van der Waals surface area contributed by atoms with Crippen LogP contribution in [-0.2, 0) is 16.8 Å². The Bertz CT molecular complexity index is 376. The van der Waals surface area contributed by atoms with E-state index in [1.54, 1.807) is 13.8 Å². The van der Waals surface area contributed by atoms with Gasteiger partial charge in [0.05, 0.1) is 13.2 Å². The number of hydrogen-bond acceptors (Lipinski definition) is 2. The molecule has 4 heteroatoms. The average molecular weight is 230 g/mol. The molecule has 0 heterocycles. The Hall–Kier alpha value is -1.00. The predicted molar refractivity (Wildman–Crippen MR) is 57.2 cm³/mol. The van der Waals surface area contributed by atoms with Crippen molar-refractivity contribution in [3.8, 4) is 0 Å². The summed E-state index contributed by atoms with van der Waals surface area (Å²) in [7, 11) is 1.42. The van der Waals surface area contributed by atoms with Gasteiger partial charge in [-0.1, -0.05) is 26.0 Å². The number of rotatable bonds is 4. The third-order valence-corrected chi connectivity index (χ3v) is 2.59. The van der Waals surface area contributed by atoms with E-state index in [1.165, 1.54) is 19.2 Å². The van der Waals surface area contributed by atoms with Gasteiger partial charge in [0.2, 0.25) is 0 Å². The standard InChI is InChI=1S/C12H16F2O2/c1-12(2,7-15)9-5-4-8(6-16-3)10(13)11(9)14/h4-5,15H,6-7H2,1-3H3. The van der Waals surface area contributed by atoms with Crippen LogP contribution < -0.4 is 0 Å². The van der Waals surface area contributed by atoms with E-state index in [0.29, 0.717) is 0 Å². The Kier molecular flexibility index (Phi) is 3.99. The summed E-state index contributed by atoms with van der Waals surface area (Å²) >= 11 is 0. The molecule has 0 aliphatic carbocycles. The maximum absolute atomic E-state index is 13.7. The molecule has 0 atom stereocenters. The van der Waals surface area contributed by atoms with E-state index in [1.807, 2.05) is 0 Å². The zero-order chi connectivity index (χ0) is 12.3. The van der Waals surface area contributed by atoms with Gasteiger partial charge in [-0.05, 0) is 5.56 Å². The molecular weight excluding hydrogens is 214 g/mol. The van der Waals surface area contributed by atoms with E-state index in [0.717, 1.165) is 0 Å². The quantitative estimate of drug-likeness (QED) is 0.860. The largest absolute Gasteiger partial charge is 0.395 e. The topological polar surface area (TPSA) is 29.5 Å². The molecule has 0 spiro atoms. The summed E-state index contributed by atoms with van der Waals surface area (Å²) < 4.78 is 32.1. The Balaban J connectivity index is 3.21. The molecule has 90 valence electrons. The lowest BCUT2D eigenvalue weighted by Crippen LogP contribution is -2.24. The van der Waals surface area contributed by atoms with E-state index in [4.69, 9.17) is 9.84 Å². The zero-order valence-electron chi connectivity index (χ0n) is 9.68. The van der Waals surface area contributed by atoms with Gasteiger partial charge in [-0.3, -0.25) is 0 Å². The normalized spacial score (nSPS) is 11.9. The van der Waals surface area contributed by atoms with Gasteiger partial charge < -0.3 is 9.84 Å². The summed E-state index contributed by atoms with van der Waals surface area (Å²) in [4.78, 5) is 0. The van der Waals surface area contributed by atoms with Crippen molar-refractivity contribution >= 4 is 0 Å². The monoisotopic (exact) mass is 230 g/mol. The van der Waals surface area contributed by atoms with Crippen LogP contribution in [0.3, 0.4) is 0 Å². The highest BCUT2D eigenvalue weighted by Crippen LogP contribution is 2.28. The van der Waals surface area contributed by atoms with Crippen molar-refractivity contribution in [1.29, 1.82) is 0 Å². The predicted octanol–water partition coefficient (Wildman–Crippen LogP) is 2.38. The van der Waals surface area contributed by atoms with Gasteiger partial charge in [-0.2, -0.15) is 0 Å². The summed E-state index contributed by atoms with van der Waals surface area (Å²) in [6.07, 6.45) is 0. The Morgan fingerprint density at radius 3 is 2.38 bits per heavy atom. The number of hydrogen-bond donors (Lipinski definition) is 1. The van der Waals surface area contributed by atoms with Crippen LogP contribution in [0.25, 0.3) is 0 Å². The molecule has 0 saturated carbocycles. The van der Waals surface area contributed by atoms with Crippen molar-refractivity contribution in [2.75, 3.05) is 13.7 Å². The van der Waals surface area contributed by atoms with Gasteiger partial charge in [0.25, 0.3) is 0 Å². The first-order valence-electron chi connectivity index (χ1n) is 5.01. The van der Waals surface area contributed by atoms with Crippen molar-refractivity contribution in [3.05, 3.63) is 34.9 Å². The maximum atomic E-state index is 13.7. The van der Waals surface area contributed by atoms with Crippen LogP contribution in [0.2, 0.25) is 0 Å². The molecule has 0 aromatic heterocycles. The average Bonchev–Trinajstić information content (AvgIpc) is 2.25. The van der Waals surface area contributed by atoms with Crippen LogP contribution in [-0.4, -0.2) is 18.8 Å². The van der Waals surface area contributed by atoms with Crippen LogP contribution in [0.15, 0.2) is 12.1 Å². The highest BCUT2D eigenvalue weighted by atomic mass is 19.2. The molecule has 0 bridgehead atoms. The van der Waals surface area contributed by atoms with Crippen LogP contribution in [0.5, 0.6) is 0 Å². The highest BCUT2D eigenvalue weighted by Gasteiger charge is 2.26. The van der Waals surface area contributed by atoms with E-state index >= 15 is 0 Å². The minimum Gasteiger partial charge on any atom is -0.395 e. The molecule has 0 amide bonds. The van der Waals surface area contributed by atoms with Crippen molar-refractivity contribution in [2.24, 2.45) is 0 Å². The Morgan fingerprint density at radius 2 is 1.88 bits per heavy atom. The van der Waals surface area contributed by atoms with Crippen LogP contribution in [0.1, 0.15) is 25.0 Å². The maximum Gasteiger partial charge on any atom is 0.164 e. The van der Waals surface area contributed by atoms with Crippen LogP contribution >= 0.6 is 0 Å². The smallest absolute Gasteiger partial charge is 0.164 e. The molecule has 2 nitrogen and oxygen atoms in total. The molecular formula is C12H16F2O2. The van der Waals surface area contributed by atoms with Gasteiger partial charge in [0, 0.05) is 18.1 Å². The first-order valence-corrected chi connectivity index (χ1v) is 5.01. The molecule has 0 unspecified atom stereocenters. The van der Waals surface area contributed by atoms with Crippen LogP contribution in [0.4, 0.5) is 8.78 Å². The molecule has 1 aromatic carbocycles. The van der Waals surface area contributed by atoms with E-state index < -0.39 is 17.0 Å². The van der Waals surface area contributed by atoms with Gasteiger partial charge >= 0.3 is 0 Å². The van der Waals surface area contributed by atoms with Gasteiger partial charge in [-0.15, -0.1) is 0 Å². The van der Waals surface area contributed by atoms with Gasteiger partial charge in [0.1, 0.15) is 0 Å². The number of aliphatic hydroxyl groups is 1. The van der Waals surface area contributed by atoms with E-state index in [2.05, 4.69) is 0 Å². The third-order valence-electron chi connectivity index (χ3n) is 2.59. The number of ether oxygens (including phenoxy) is 1. The van der Waals surface area contributed by atoms with Gasteiger partial charge in [0.15, 0.2) is 11.6 Å². The lowest BCUT2D eigenvalue weighted by molar-refractivity contribution is 0.179. The molecule has 1 N–H and O–H groups in total. The molecule has 1 rings (SSSR count). The molecule has 0 radical (unpaired) electrons. The van der Waals surface area contributed by atoms with Crippen molar-refractivity contribution in [1.82, 2.24) is 0 Å². The minimum atomic E-state index is -0.909. The van der Waals surface area contributed by atoms with Crippen molar-refractivity contribution in [3.63, 3.8) is 0 Å². The summed E-state index contributed by atoms with van der Waals surface area (Å²) in [6, 6.07) is 2.97. The molecule has 0 aliphatic rings. The van der Waals surface area contributed by atoms with Crippen molar-refractivity contribution < 1.29 is 18.6 Å². The lowest BCUT2D eigenvalue weighted by Gasteiger charge is -2.23. The van der Waals surface area contributed by atoms with Crippen LogP contribution in [0, 0.1) is 11.6 Å². The second-order valence-electron chi connectivity index (χ2n) is 4.38. The second-order valence-corrected chi connectivity index (χ2v) is 4.38. The first-order chi connectivity index (χ1) is 7.44. The van der Waals surface area contributed by atoms with Crippen molar-refractivity contribution in [2.45, 2.75) is 25.9 Å². The summed E-state index contributed by atoms with van der Waals surface area (Å²) in [6.45, 7) is 3.09. The number of aliphatic hydroxyl groups excluding tert-OH is 1. The molecule has 0 saturated heterocycles. The fourth-order valence-electron chi connectivity index (χ4n) is 1.46. The second kappa shape index (κ2) is 4.89.